The number of hydrogen-bond donors (Lipinski definition) is 1. The molecule has 0 aliphatic carbocycles. The van der Waals surface area contributed by atoms with Crippen LogP contribution in [0.25, 0.3) is 0 Å². The molecular formula is C11H17BO3S. The van der Waals surface area contributed by atoms with Crippen LogP contribution in [0.1, 0.15) is 11.1 Å². The Labute approximate surface area is 97.5 Å². The second-order valence-electron chi connectivity index (χ2n) is 4.22. The molecule has 0 spiro atoms. The Hall–Kier alpha value is -0.805. The van der Waals surface area contributed by atoms with Crippen molar-refractivity contribution in [1.82, 2.24) is 0 Å². The van der Waals surface area contributed by atoms with Crippen molar-refractivity contribution in [2.45, 2.75) is 25.8 Å². The van der Waals surface area contributed by atoms with Gasteiger partial charge in [-0.05, 0) is 18.8 Å². The highest BCUT2D eigenvalue weighted by Crippen LogP contribution is 2.09. The fourth-order valence-electron chi connectivity index (χ4n) is 1.36. The van der Waals surface area contributed by atoms with E-state index in [2.05, 4.69) is 0 Å². The summed E-state index contributed by atoms with van der Waals surface area (Å²) in [5.74, 6) is 0.0958. The van der Waals surface area contributed by atoms with Gasteiger partial charge in [0.1, 0.15) is 0 Å². The Bertz CT molecular complexity index is 423. The monoisotopic (exact) mass is 240 g/mol. The molecule has 1 N–H and O–H groups in total. The van der Waals surface area contributed by atoms with Gasteiger partial charge < -0.3 is 5.02 Å². The Morgan fingerprint density at radius 3 is 2.31 bits per heavy atom. The Balaban J connectivity index is 2.62. The van der Waals surface area contributed by atoms with E-state index in [0.29, 0.717) is 6.32 Å². The summed E-state index contributed by atoms with van der Waals surface area (Å²) < 4.78 is 23.4. The zero-order valence-electron chi connectivity index (χ0n) is 9.68. The summed E-state index contributed by atoms with van der Waals surface area (Å²) in [4.78, 5) is 0. The second kappa shape index (κ2) is 5.50. The molecule has 0 amide bonds. The van der Waals surface area contributed by atoms with Crippen molar-refractivity contribution in [2.75, 3.05) is 5.75 Å². The lowest BCUT2D eigenvalue weighted by molar-refractivity contribution is 0.573. The average Bonchev–Trinajstić information content (AvgIpc) is 2.19. The Morgan fingerprint density at radius 1 is 1.25 bits per heavy atom. The van der Waals surface area contributed by atoms with Gasteiger partial charge in [-0.3, -0.25) is 0 Å². The van der Waals surface area contributed by atoms with Crippen LogP contribution < -0.4 is 0 Å². The van der Waals surface area contributed by atoms with Crippen molar-refractivity contribution in [1.29, 1.82) is 0 Å². The van der Waals surface area contributed by atoms with Crippen molar-refractivity contribution in [3.8, 4) is 0 Å². The topological polar surface area (TPSA) is 54.4 Å². The zero-order chi connectivity index (χ0) is 12.2. The summed E-state index contributed by atoms with van der Waals surface area (Å²) in [6, 6.07) is 7.46. The normalized spacial score (nSPS) is 11.4. The van der Waals surface area contributed by atoms with Gasteiger partial charge in [-0.2, -0.15) is 0 Å². The smallest absolute Gasteiger partial charge is 0.286 e. The number of benzene rings is 1. The van der Waals surface area contributed by atoms with Crippen LogP contribution >= 0.6 is 0 Å². The van der Waals surface area contributed by atoms with Crippen molar-refractivity contribution in [2.24, 2.45) is 0 Å². The Morgan fingerprint density at radius 2 is 1.81 bits per heavy atom. The lowest BCUT2D eigenvalue weighted by Crippen LogP contribution is -2.15. The molecule has 5 heteroatoms. The first-order valence-corrected chi connectivity index (χ1v) is 7.15. The first-order chi connectivity index (χ1) is 7.39. The van der Waals surface area contributed by atoms with E-state index in [1.165, 1.54) is 0 Å². The minimum Gasteiger partial charge on any atom is -0.451 e. The van der Waals surface area contributed by atoms with Crippen molar-refractivity contribution in [3.05, 3.63) is 35.4 Å². The van der Waals surface area contributed by atoms with Gasteiger partial charge in [0.05, 0.1) is 5.75 Å². The van der Waals surface area contributed by atoms with E-state index in [-0.39, 0.29) is 11.5 Å². The van der Waals surface area contributed by atoms with Gasteiger partial charge in [-0.15, -0.1) is 0 Å². The predicted molar refractivity (Wildman–Crippen MR) is 67.3 cm³/mol. The molecule has 0 aromatic heterocycles. The SMILES string of the molecule is CB(O)CCS(=O)(=O)Cc1ccc(C)cc1. The van der Waals surface area contributed by atoms with Crippen molar-refractivity contribution in [3.63, 3.8) is 0 Å². The summed E-state index contributed by atoms with van der Waals surface area (Å²) in [6.07, 6.45) is 0.300. The molecule has 1 aromatic carbocycles. The number of aryl methyl sites for hydroxylation is 1. The van der Waals surface area contributed by atoms with E-state index in [0.717, 1.165) is 11.1 Å². The van der Waals surface area contributed by atoms with E-state index in [1.54, 1.807) is 6.82 Å². The van der Waals surface area contributed by atoms with Gasteiger partial charge in [0.25, 0.3) is 6.92 Å². The van der Waals surface area contributed by atoms with E-state index < -0.39 is 16.8 Å². The molecule has 0 atom stereocenters. The minimum atomic E-state index is -3.10. The average molecular weight is 240 g/mol. The van der Waals surface area contributed by atoms with E-state index in [1.807, 2.05) is 31.2 Å². The first-order valence-electron chi connectivity index (χ1n) is 5.33. The molecule has 16 heavy (non-hydrogen) atoms. The Kier molecular flexibility index (Phi) is 4.56. The maximum atomic E-state index is 11.7. The van der Waals surface area contributed by atoms with Crippen molar-refractivity contribution < 1.29 is 13.4 Å². The molecule has 0 bridgehead atoms. The molecule has 3 nitrogen and oxygen atoms in total. The number of rotatable bonds is 5. The molecule has 0 saturated heterocycles. The van der Waals surface area contributed by atoms with Gasteiger partial charge in [-0.1, -0.05) is 36.7 Å². The van der Waals surface area contributed by atoms with Crippen LogP contribution in [0, 0.1) is 6.92 Å². The molecular weight excluding hydrogens is 223 g/mol. The highest BCUT2D eigenvalue weighted by Gasteiger charge is 2.14. The summed E-state index contributed by atoms with van der Waals surface area (Å²) in [5.41, 5.74) is 1.92. The molecule has 88 valence electrons. The lowest BCUT2D eigenvalue weighted by Gasteiger charge is -2.05. The molecule has 0 fully saturated rings. The van der Waals surface area contributed by atoms with Crippen LogP contribution in [0.5, 0.6) is 0 Å². The molecule has 0 aliphatic rings. The molecule has 1 rings (SSSR count). The number of hydrogen-bond acceptors (Lipinski definition) is 3. The second-order valence-corrected chi connectivity index (χ2v) is 6.40. The van der Waals surface area contributed by atoms with Crippen LogP contribution in [-0.4, -0.2) is 26.1 Å². The van der Waals surface area contributed by atoms with Gasteiger partial charge in [0, 0.05) is 5.75 Å². The van der Waals surface area contributed by atoms with E-state index >= 15 is 0 Å². The third-order valence-electron chi connectivity index (χ3n) is 2.35. The van der Waals surface area contributed by atoms with Gasteiger partial charge in [0.15, 0.2) is 9.84 Å². The van der Waals surface area contributed by atoms with Crippen LogP contribution in [0.3, 0.4) is 0 Å². The quantitative estimate of drug-likeness (QED) is 0.794. The lowest BCUT2D eigenvalue weighted by atomic mass is 9.69. The fraction of sp³-hybridized carbons (Fsp3) is 0.455. The standard InChI is InChI=1S/C11H17BO3S/c1-10-3-5-11(6-4-10)9-16(14,15)8-7-12(2)13/h3-6,13H,7-9H2,1-2H3. The van der Waals surface area contributed by atoms with E-state index in [9.17, 15) is 8.42 Å². The van der Waals surface area contributed by atoms with Gasteiger partial charge in [0.2, 0.25) is 0 Å². The van der Waals surface area contributed by atoms with Crippen LogP contribution in [0.15, 0.2) is 24.3 Å². The third kappa shape index (κ3) is 4.81. The summed E-state index contributed by atoms with van der Waals surface area (Å²) in [6.45, 7) is 3.00. The highest BCUT2D eigenvalue weighted by molar-refractivity contribution is 7.90. The third-order valence-corrected chi connectivity index (χ3v) is 3.98. The van der Waals surface area contributed by atoms with E-state index in [4.69, 9.17) is 5.02 Å². The van der Waals surface area contributed by atoms with Crippen LogP contribution in [-0.2, 0) is 15.6 Å². The zero-order valence-corrected chi connectivity index (χ0v) is 10.5. The fourth-order valence-corrected chi connectivity index (χ4v) is 2.91. The van der Waals surface area contributed by atoms with Gasteiger partial charge in [-0.25, -0.2) is 8.42 Å². The van der Waals surface area contributed by atoms with Gasteiger partial charge >= 0.3 is 0 Å². The molecule has 1 aromatic rings. The summed E-state index contributed by atoms with van der Waals surface area (Å²) >= 11 is 0. The van der Waals surface area contributed by atoms with Crippen LogP contribution in [0.4, 0.5) is 0 Å². The maximum Gasteiger partial charge on any atom is 0.286 e. The molecule has 0 heterocycles. The largest absolute Gasteiger partial charge is 0.451 e. The molecule has 0 unspecified atom stereocenters. The molecule has 0 aliphatic heterocycles. The van der Waals surface area contributed by atoms with Crippen molar-refractivity contribution >= 4 is 16.8 Å². The summed E-state index contributed by atoms with van der Waals surface area (Å²) in [5, 5.41) is 9.05. The predicted octanol–water partition coefficient (Wildman–Crippen LogP) is 1.52. The maximum absolute atomic E-state index is 11.7. The molecule has 0 saturated carbocycles. The summed E-state index contributed by atoms with van der Waals surface area (Å²) in [7, 11) is -3.10. The minimum absolute atomic E-state index is 0.0402. The first kappa shape index (κ1) is 13.3. The van der Waals surface area contributed by atoms with Crippen LogP contribution in [0.2, 0.25) is 13.1 Å². The number of sulfone groups is 1. The molecule has 0 radical (unpaired) electrons. The highest BCUT2D eigenvalue weighted by atomic mass is 32.2.